The van der Waals surface area contributed by atoms with E-state index in [1.165, 1.54) is 24.0 Å². The molecule has 0 saturated heterocycles. The van der Waals surface area contributed by atoms with Crippen LogP contribution in [0.4, 0.5) is 4.79 Å². The van der Waals surface area contributed by atoms with E-state index >= 15 is 0 Å². The first kappa shape index (κ1) is 14.6. The van der Waals surface area contributed by atoms with E-state index in [-0.39, 0.29) is 6.10 Å². The molecule has 0 saturated carbocycles. The van der Waals surface area contributed by atoms with E-state index in [0.29, 0.717) is 5.71 Å². The van der Waals surface area contributed by atoms with Crippen LogP contribution in [0.3, 0.4) is 0 Å². The number of fused-ring (bicyclic) bond motifs is 1. The molecular formula is C16H21NO3. The average Bonchev–Trinajstić information content (AvgIpc) is 2.43. The third-order valence-corrected chi connectivity index (χ3v) is 3.36. The first-order chi connectivity index (χ1) is 9.56. The van der Waals surface area contributed by atoms with Gasteiger partial charge >= 0.3 is 6.16 Å². The predicted octanol–water partition coefficient (Wildman–Crippen LogP) is 3.85. The number of rotatable bonds is 3. The summed E-state index contributed by atoms with van der Waals surface area (Å²) < 4.78 is 4.86. The Morgan fingerprint density at radius 3 is 2.60 bits per heavy atom. The summed E-state index contributed by atoms with van der Waals surface area (Å²) in [6, 6.07) is 6.32. The number of nitrogens with zero attached hydrogens (tertiary/aromatic N) is 1. The molecule has 1 aliphatic carbocycles. The van der Waals surface area contributed by atoms with Crippen molar-refractivity contribution in [3.8, 4) is 0 Å². The second kappa shape index (κ2) is 6.55. The number of benzene rings is 1. The van der Waals surface area contributed by atoms with E-state index < -0.39 is 6.16 Å². The highest BCUT2D eigenvalue weighted by Gasteiger charge is 2.11. The van der Waals surface area contributed by atoms with Gasteiger partial charge in [-0.1, -0.05) is 17.3 Å². The summed E-state index contributed by atoms with van der Waals surface area (Å²) in [5, 5.41) is 3.84. The highest BCUT2D eigenvalue weighted by atomic mass is 16.8. The summed E-state index contributed by atoms with van der Waals surface area (Å²) in [4.78, 5) is 16.0. The van der Waals surface area contributed by atoms with Crippen LogP contribution in [0.2, 0.25) is 0 Å². The van der Waals surface area contributed by atoms with Crippen LogP contribution >= 0.6 is 0 Å². The van der Waals surface area contributed by atoms with Gasteiger partial charge in [0.25, 0.3) is 0 Å². The largest absolute Gasteiger partial charge is 0.535 e. The predicted molar refractivity (Wildman–Crippen MR) is 78.0 cm³/mol. The summed E-state index contributed by atoms with van der Waals surface area (Å²) in [7, 11) is 0. The number of hydrogen-bond donors (Lipinski definition) is 0. The molecule has 0 spiro atoms. The molecule has 4 heteroatoms. The second-order valence-electron chi connectivity index (χ2n) is 5.38. The molecule has 0 amide bonds. The average molecular weight is 275 g/mol. The first-order valence-electron chi connectivity index (χ1n) is 7.10. The number of ether oxygens (including phenoxy) is 1. The molecule has 20 heavy (non-hydrogen) atoms. The fraction of sp³-hybridized carbons (Fsp3) is 0.500. The lowest BCUT2D eigenvalue weighted by Crippen LogP contribution is -2.12. The minimum Gasteiger partial charge on any atom is -0.430 e. The maximum atomic E-state index is 11.3. The van der Waals surface area contributed by atoms with Crippen molar-refractivity contribution in [1.82, 2.24) is 0 Å². The molecule has 2 rings (SSSR count). The van der Waals surface area contributed by atoms with Crippen molar-refractivity contribution in [2.75, 3.05) is 0 Å². The van der Waals surface area contributed by atoms with Gasteiger partial charge in [-0.15, -0.1) is 0 Å². The zero-order valence-corrected chi connectivity index (χ0v) is 12.3. The molecule has 1 aromatic rings. The van der Waals surface area contributed by atoms with Crippen molar-refractivity contribution in [1.29, 1.82) is 0 Å². The van der Waals surface area contributed by atoms with E-state index in [4.69, 9.17) is 9.57 Å². The minimum atomic E-state index is -0.766. The van der Waals surface area contributed by atoms with Crippen molar-refractivity contribution < 1.29 is 14.4 Å². The van der Waals surface area contributed by atoms with Gasteiger partial charge in [-0.05, 0) is 69.2 Å². The first-order valence-corrected chi connectivity index (χ1v) is 7.10. The maximum Gasteiger partial charge on any atom is 0.535 e. The van der Waals surface area contributed by atoms with Crippen LogP contribution in [0, 0.1) is 0 Å². The molecule has 0 aromatic heterocycles. The molecule has 0 unspecified atom stereocenters. The van der Waals surface area contributed by atoms with Crippen molar-refractivity contribution in [3.05, 3.63) is 34.9 Å². The van der Waals surface area contributed by atoms with Crippen LogP contribution in [0.5, 0.6) is 0 Å². The Kier molecular flexibility index (Phi) is 4.77. The van der Waals surface area contributed by atoms with Gasteiger partial charge < -0.3 is 4.74 Å². The Balaban J connectivity index is 2.05. The van der Waals surface area contributed by atoms with Crippen LogP contribution in [0.25, 0.3) is 0 Å². The van der Waals surface area contributed by atoms with Gasteiger partial charge in [0.15, 0.2) is 0 Å². The van der Waals surface area contributed by atoms with Crippen molar-refractivity contribution >= 4 is 11.9 Å². The van der Waals surface area contributed by atoms with Crippen LogP contribution in [0.15, 0.2) is 23.4 Å². The Morgan fingerprint density at radius 2 is 1.90 bits per heavy atom. The Hall–Kier alpha value is -1.84. The van der Waals surface area contributed by atoms with Gasteiger partial charge in [0.05, 0.1) is 11.8 Å². The zero-order chi connectivity index (χ0) is 14.5. The normalized spacial score (nSPS) is 14.9. The van der Waals surface area contributed by atoms with Crippen molar-refractivity contribution in [2.24, 2.45) is 5.16 Å². The minimum absolute atomic E-state index is 0.207. The highest BCUT2D eigenvalue weighted by Crippen LogP contribution is 2.22. The third kappa shape index (κ3) is 3.83. The van der Waals surface area contributed by atoms with Crippen LogP contribution < -0.4 is 0 Å². The smallest absolute Gasteiger partial charge is 0.430 e. The SMILES string of the molecule is C/C(=N\OC(=O)OC(C)C)c1ccc2c(c1)CCCC2. The summed E-state index contributed by atoms with van der Waals surface area (Å²) in [6.45, 7) is 5.36. The standard InChI is InChI=1S/C16H21NO3/c1-11(2)19-16(18)20-17-12(3)14-9-8-13-6-4-5-7-15(13)10-14/h8-11H,4-7H2,1-3H3/b17-12+. The number of carbonyl (C=O) groups excluding carboxylic acids is 1. The Labute approximate surface area is 119 Å². The fourth-order valence-electron chi connectivity index (χ4n) is 2.33. The van der Waals surface area contributed by atoms with E-state index in [2.05, 4.69) is 17.3 Å². The second-order valence-corrected chi connectivity index (χ2v) is 5.38. The molecule has 1 aromatic carbocycles. The van der Waals surface area contributed by atoms with Gasteiger partial charge in [0, 0.05) is 0 Å². The maximum absolute atomic E-state index is 11.3. The summed E-state index contributed by atoms with van der Waals surface area (Å²) in [5.41, 5.74) is 4.48. The number of hydrogen-bond acceptors (Lipinski definition) is 4. The quantitative estimate of drug-likeness (QED) is 0.364. The fourth-order valence-corrected chi connectivity index (χ4v) is 2.33. The van der Waals surface area contributed by atoms with E-state index in [0.717, 1.165) is 18.4 Å². The molecule has 0 fully saturated rings. The molecule has 0 aliphatic heterocycles. The molecule has 0 atom stereocenters. The van der Waals surface area contributed by atoms with E-state index in [9.17, 15) is 4.79 Å². The summed E-state index contributed by atoms with van der Waals surface area (Å²) in [6.07, 6.45) is 3.81. The van der Waals surface area contributed by atoms with Crippen LogP contribution in [-0.4, -0.2) is 18.0 Å². The Morgan fingerprint density at radius 1 is 1.20 bits per heavy atom. The van der Waals surface area contributed by atoms with E-state index in [1.54, 1.807) is 13.8 Å². The molecule has 1 aliphatic rings. The summed E-state index contributed by atoms with van der Waals surface area (Å²) in [5.74, 6) is 0. The van der Waals surface area contributed by atoms with Crippen LogP contribution in [-0.2, 0) is 22.4 Å². The van der Waals surface area contributed by atoms with Crippen LogP contribution in [0.1, 0.15) is 50.3 Å². The number of oxime groups is 1. The van der Waals surface area contributed by atoms with Gasteiger partial charge in [-0.2, -0.15) is 0 Å². The molecular weight excluding hydrogens is 254 g/mol. The molecule has 0 heterocycles. The molecule has 0 radical (unpaired) electrons. The Bertz CT molecular complexity index is 520. The number of carbonyl (C=O) groups is 1. The summed E-state index contributed by atoms with van der Waals surface area (Å²) >= 11 is 0. The lowest BCUT2D eigenvalue weighted by atomic mass is 9.90. The molecule has 108 valence electrons. The van der Waals surface area contributed by atoms with Gasteiger partial charge in [-0.25, -0.2) is 4.79 Å². The topological polar surface area (TPSA) is 47.9 Å². The van der Waals surface area contributed by atoms with Crippen molar-refractivity contribution in [3.63, 3.8) is 0 Å². The molecule has 4 nitrogen and oxygen atoms in total. The monoisotopic (exact) mass is 275 g/mol. The van der Waals surface area contributed by atoms with Crippen molar-refractivity contribution in [2.45, 2.75) is 52.6 Å². The molecule has 0 N–H and O–H groups in total. The van der Waals surface area contributed by atoms with E-state index in [1.807, 2.05) is 13.0 Å². The van der Waals surface area contributed by atoms with Gasteiger partial charge in [-0.3, -0.25) is 4.84 Å². The third-order valence-electron chi connectivity index (χ3n) is 3.36. The highest BCUT2D eigenvalue weighted by molar-refractivity contribution is 5.98. The zero-order valence-electron chi connectivity index (χ0n) is 12.3. The lowest BCUT2D eigenvalue weighted by Gasteiger charge is -2.16. The van der Waals surface area contributed by atoms with Gasteiger partial charge in [0.2, 0.25) is 0 Å². The lowest BCUT2D eigenvalue weighted by molar-refractivity contribution is 0.0363. The molecule has 0 bridgehead atoms. The number of aryl methyl sites for hydroxylation is 2. The van der Waals surface area contributed by atoms with Gasteiger partial charge in [0.1, 0.15) is 0 Å².